The summed E-state index contributed by atoms with van der Waals surface area (Å²) in [6, 6.07) is 11.5. The van der Waals surface area contributed by atoms with Crippen molar-refractivity contribution < 1.29 is 9.53 Å². The van der Waals surface area contributed by atoms with E-state index in [2.05, 4.69) is 5.32 Å². The summed E-state index contributed by atoms with van der Waals surface area (Å²) in [6.45, 7) is 6.02. The molecule has 0 spiro atoms. The van der Waals surface area contributed by atoms with Gasteiger partial charge < -0.3 is 14.6 Å². The molecule has 1 unspecified atom stereocenters. The lowest BCUT2D eigenvalue weighted by Gasteiger charge is -2.17. The third-order valence-corrected chi connectivity index (χ3v) is 3.39. The zero-order chi connectivity index (χ0) is 16.1. The fraction of sp³-hybridized carbons (Fsp3) is 0.294. The Morgan fingerprint density at radius 2 is 1.91 bits per heavy atom. The van der Waals surface area contributed by atoms with Crippen LogP contribution in [0.2, 0.25) is 0 Å². The summed E-state index contributed by atoms with van der Waals surface area (Å²) in [5.41, 5.74) is 1.23. The maximum Gasteiger partial charge on any atom is 0.251 e. The number of anilines is 1. The molecule has 1 amide bonds. The Morgan fingerprint density at radius 3 is 2.50 bits per heavy atom. The summed E-state index contributed by atoms with van der Waals surface area (Å²) in [7, 11) is 0. The molecule has 5 nitrogen and oxygen atoms in total. The molecule has 1 atom stereocenters. The van der Waals surface area contributed by atoms with E-state index >= 15 is 0 Å². The van der Waals surface area contributed by atoms with Crippen LogP contribution in [0.4, 0.5) is 5.69 Å². The van der Waals surface area contributed by atoms with Crippen molar-refractivity contribution in [3.8, 4) is 5.75 Å². The maximum atomic E-state index is 12.3. The van der Waals surface area contributed by atoms with Gasteiger partial charge >= 0.3 is 0 Å². The average Bonchev–Trinajstić information content (AvgIpc) is 2.49. The van der Waals surface area contributed by atoms with Gasteiger partial charge in [0.15, 0.2) is 0 Å². The van der Waals surface area contributed by atoms with Crippen LogP contribution in [0, 0.1) is 6.92 Å². The maximum absolute atomic E-state index is 12.3. The first kappa shape index (κ1) is 15.8. The molecule has 116 valence electrons. The highest BCUT2D eigenvalue weighted by atomic mass is 16.5. The van der Waals surface area contributed by atoms with Gasteiger partial charge in [0, 0.05) is 17.4 Å². The summed E-state index contributed by atoms with van der Waals surface area (Å²) >= 11 is 0. The van der Waals surface area contributed by atoms with E-state index < -0.39 is 6.04 Å². The van der Waals surface area contributed by atoms with Crippen LogP contribution in [0.25, 0.3) is 0 Å². The van der Waals surface area contributed by atoms with E-state index in [1.54, 1.807) is 37.3 Å². The smallest absolute Gasteiger partial charge is 0.251 e. The number of benzene rings is 1. The second-order valence-electron chi connectivity index (χ2n) is 5.00. The summed E-state index contributed by atoms with van der Waals surface area (Å²) in [6.07, 6.45) is 0. The predicted molar refractivity (Wildman–Crippen MR) is 86.4 cm³/mol. The highest BCUT2D eigenvalue weighted by molar-refractivity contribution is 5.93. The molecule has 22 heavy (non-hydrogen) atoms. The lowest BCUT2D eigenvalue weighted by Crippen LogP contribution is -2.32. The molecule has 0 aliphatic heterocycles. The van der Waals surface area contributed by atoms with Crippen LogP contribution in [0.15, 0.2) is 47.3 Å². The molecule has 1 aromatic heterocycles. The Bertz CT molecular complexity index is 705. The topological polar surface area (TPSA) is 60.3 Å². The largest absolute Gasteiger partial charge is 0.494 e. The van der Waals surface area contributed by atoms with Crippen molar-refractivity contribution in [2.75, 3.05) is 11.9 Å². The van der Waals surface area contributed by atoms with E-state index in [-0.39, 0.29) is 11.5 Å². The molecule has 1 N–H and O–H groups in total. The number of nitrogens with zero attached hydrogens (tertiary/aromatic N) is 1. The predicted octanol–water partition coefficient (Wildman–Crippen LogP) is 2.76. The SMILES string of the molecule is CCOc1ccc(NC(=O)C(C)n2c(C)cccc2=O)cc1. The number of carbonyl (C=O) groups is 1. The van der Waals surface area contributed by atoms with Crippen LogP contribution >= 0.6 is 0 Å². The Kier molecular flexibility index (Phi) is 4.99. The molecule has 2 aromatic rings. The van der Waals surface area contributed by atoms with E-state index in [9.17, 15) is 9.59 Å². The minimum absolute atomic E-state index is 0.186. The standard InChI is InChI=1S/C17H20N2O3/c1-4-22-15-10-8-14(9-11-15)18-17(21)13(3)19-12(2)6-5-7-16(19)20/h5-11,13H,4H2,1-3H3,(H,18,21). The van der Waals surface area contributed by atoms with Crippen LogP contribution < -0.4 is 15.6 Å². The molecular formula is C17H20N2O3. The second kappa shape index (κ2) is 6.93. The zero-order valence-corrected chi connectivity index (χ0v) is 13.0. The molecule has 2 rings (SSSR count). The van der Waals surface area contributed by atoms with Gasteiger partial charge in [-0.2, -0.15) is 0 Å². The minimum Gasteiger partial charge on any atom is -0.494 e. The van der Waals surface area contributed by atoms with Crippen molar-refractivity contribution in [2.24, 2.45) is 0 Å². The number of aryl methyl sites for hydroxylation is 1. The number of pyridine rings is 1. The molecular weight excluding hydrogens is 280 g/mol. The normalized spacial score (nSPS) is 11.8. The number of amides is 1. The van der Waals surface area contributed by atoms with Gasteiger partial charge in [0.1, 0.15) is 11.8 Å². The number of ether oxygens (including phenoxy) is 1. The monoisotopic (exact) mass is 300 g/mol. The number of nitrogens with one attached hydrogen (secondary N) is 1. The molecule has 5 heteroatoms. The van der Waals surface area contributed by atoms with Crippen LogP contribution in [0.1, 0.15) is 25.6 Å². The molecule has 0 aliphatic carbocycles. The Morgan fingerprint density at radius 1 is 1.23 bits per heavy atom. The fourth-order valence-electron chi connectivity index (χ4n) is 2.27. The highest BCUT2D eigenvalue weighted by Crippen LogP contribution is 2.17. The third kappa shape index (κ3) is 3.55. The van der Waals surface area contributed by atoms with E-state index in [0.717, 1.165) is 11.4 Å². The number of rotatable bonds is 5. The first-order valence-corrected chi connectivity index (χ1v) is 7.24. The van der Waals surface area contributed by atoms with Crippen LogP contribution in [0.5, 0.6) is 5.75 Å². The number of carbonyl (C=O) groups excluding carboxylic acids is 1. The molecule has 0 saturated carbocycles. The first-order valence-electron chi connectivity index (χ1n) is 7.24. The molecule has 0 radical (unpaired) electrons. The summed E-state index contributed by atoms with van der Waals surface area (Å²) in [5, 5.41) is 2.81. The van der Waals surface area contributed by atoms with Gasteiger partial charge in [-0.1, -0.05) is 6.07 Å². The summed E-state index contributed by atoms with van der Waals surface area (Å²) < 4.78 is 6.83. The van der Waals surface area contributed by atoms with Crippen molar-refractivity contribution in [3.05, 3.63) is 58.5 Å². The lowest BCUT2D eigenvalue weighted by molar-refractivity contribution is -0.118. The quantitative estimate of drug-likeness (QED) is 0.923. The van der Waals surface area contributed by atoms with Gasteiger partial charge in [-0.15, -0.1) is 0 Å². The molecule has 1 aromatic carbocycles. The fourth-order valence-corrected chi connectivity index (χ4v) is 2.27. The number of hydrogen-bond donors (Lipinski definition) is 1. The second-order valence-corrected chi connectivity index (χ2v) is 5.00. The van der Waals surface area contributed by atoms with Crippen molar-refractivity contribution in [3.63, 3.8) is 0 Å². The molecule has 0 fully saturated rings. The summed E-state index contributed by atoms with van der Waals surface area (Å²) in [4.78, 5) is 24.2. The van der Waals surface area contributed by atoms with Crippen molar-refractivity contribution in [2.45, 2.75) is 26.8 Å². The minimum atomic E-state index is -0.583. The molecule has 1 heterocycles. The van der Waals surface area contributed by atoms with Gasteiger partial charge in [-0.25, -0.2) is 0 Å². The molecule has 0 aliphatic rings. The Balaban J connectivity index is 2.13. The van der Waals surface area contributed by atoms with Crippen LogP contribution in [0.3, 0.4) is 0 Å². The van der Waals surface area contributed by atoms with Crippen LogP contribution in [-0.2, 0) is 4.79 Å². The van der Waals surface area contributed by atoms with Gasteiger partial charge in [0.2, 0.25) is 5.91 Å². The summed E-state index contributed by atoms with van der Waals surface area (Å²) in [5.74, 6) is 0.518. The van der Waals surface area contributed by atoms with Gasteiger partial charge in [0.25, 0.3) is 5.56 Å². The third-order valence-electron chi connectivity index (χ3n) is 3.39. The van der Waals surface area contributed by atoms with E-state index in [4.69, 9.17) is 4.74 Å². The van der Waals surface area contributed by atoms with Gasteiger partial charge in [-0.3, -0.25) is 9.59 Å². The molecule has 0 bridgehead atoms. The van der Waals surface area contributed by atoms with E-state index in [1.165, 1.54) is 10.6 Å². The first-order chi connectivity index (χ1) is 10.5. The van der Waals surface area contributed by atoms with E-state index in [1.807, 2.05) is 19.9 Å². The van der Waals surface area contributed by atoms with Crippen molar-refractivity contribution in [1.82, 2.24) is 4.57 Å². The number of aromatic nitrogens is 1. The Labute approximate surface area is 129 Å². The molecule has 0 saturated heterocycles. The van der Waals surface area contributed by atoms with Crippen molar-refractivity contribution in [1.29, 1.82) is 0 Å². The Hall–Kier alpha value is -2.56. The average molecular weight is 300 g/mol. The number of hydrogen-bond acceptors (Lipinski definition) is 3. The lowest BCUT2D eigenvalue weighted by atomic mass is 10.2. The van der Waals surface area contributed by atoms with Gasteiger partial charge in [-0.05, 0) is 51.1 Å². The van der Waals surface area contributed by atoms with Crippen molar-refractivity contribution >= 4 is 11.6 Å². The van der Waals surface area contributed by atoms with E-state index in [0.29, 0.717) is 12.3 Å². The zero-order valence-electron chi connectivity index (χ0n) is 13.0. The van der Waals surface area contributed by atoms with Gasteiger partial charge in [0.05, 0.1) is 6.61 Å². The highest BCUT2D eigenvalue weighted by Gasteiger charge is 2.17. The van der Waals surface area contributed by atoms with Crippen LogP contribution in [-0.4, -0.2) is 17.1 Å².